The van der Waals surface area contributed by atoms with Crippen molar-refractivity contribution in [2.24, 2.45) is 7.05 Å². The molecular formula is C32H36N6O3. The van der Waals surface area contributed by atoms with Crippen molar-refractivity contribution in [3.05, 3.63) is 64.3 Å². The van der Waals surface area contributed by atoms with Crippen LogP contribution >= 0.6 is 0 Å². The highest BCUT2D eigenvalue weighted by molar-refractivity contribution is 6.07. The highest BCUT2D eigenvalue weighted by Crippen LogP contribution is 2.31. The molecule has 41 heavy (non-hydrogen) atoms. The molecule has 7 rings (SSSR count). The highest BCUT2D eigenvalue weighted by Gasteiger charge is 2.28. The van der Waals surface area contributed by atoms with Crippen LogP contribution in [-0.4, -0.2) is 77.2 Å². The summed E-state index contributed by atoms with van der Waals surface area (Å²) in [6.45, 7) is 4.93. The maximum atomic E-state index is 14.1. The zero-order valence-corrected chi connectivity index (χ0v) is 23.7. The van der Waals surface area contributed by atoms with Gasteiger partial charge in [0.1, 0.15) is 17.0 Å². The zero-order chi connectivity index (χ0) is 28.1. The van der Waals surface area contributed by atoms with Crippen LogP contribution < -0.4 is 15.6 Å². The average molecular weight is 553 g/mol. The second-order valence-electron chi connectivity index (χ2n) is 11.4. The number of likely N-dealkylation sites (tertiary alicyclic amines) is 1. The molecule has 5 aromatic rings. The lowest BCUT2D eigenvalue weighted by atomic mass is 10.1. The van der Waals surface area contributed by atoms with Gasteiger partial charge in [0.05, 0.1) is 29.1 Å². The number of amides is 1. The van der Waals surface area contributed by atoms with Gasteiger partial charge in [-0.1, -0.05) is 24.3 Å². The number of aromatic nitrogens is 3. The predicted molar refractivity (Wildman–Crippen MR) is 163 cm³/mol. The van der Waals surface area contributed by atoms with Gasteiger partial charge in [0.2, 0.25) is 5.43 Å². The number of hydrogen-bond acceptors (Lipinski definition) is 6. The largest absolute Gasteiger partial charge is 0.383 e. The first-order valence-electron chi connectivity index (χ1n) is 14.7. The average Bonchev–Trinajstić information content (AvgIpc) is 3.73. The molecule has 2 saturated heterocycles. The van der Waals surface area contributed by atoms with E-state index in [1.807, 2.05) is 40.3 Å². The number of nitrogens with one attached hydrogen (secondary N) is 1. The Hall–Kier alpha value is -3.95. The topological polar surface area (TPSA) is 84.1 Å². The molecule has 212 valence electrons. The number of methoxy groups -OCH3 is 1. The molecule has 9 heteroatoms. The van der Waals surface area contributed by atoms with Gasteiger partial charge in [0.15, 0.2) is 5.65 Å². The molecule has 0 saturated carbocycles. The Balaban J connectivity index is 1.44. The van der Waals surface area contributed by atoms with Crippen molar-refractivity contribution in [2.75, 3.05) is 51.3 Å². The Bertz CT molecular complexity index is 1850. The molecule has 0 unspecified atom stereocenters. The van der Waals surface area contributed by atoms with E-state index in [4.69, 9.17) is 9.72 Å². The minimum Gasteiger partial charge on any atom is -0.383 e. The van der Waals surface area contributed by atoms with Gasteiger partial charge >= 0.3 is 0 Å². The van der Waals surface area contributed by atoms with E-state index in [-0.39, 0.29) is 22.9 Å². The molecule has 1 N–H and O–H groups in total. The minimum atomic E-state index is -0.340. The predicted octanol–water partition coefficient (Wildman–Crippen LogP) is 3.93. The van der Waals surface area contributed by atoms with E-state index in [9.17, 15) is 9.59 Å². The van der Waals surface area contributed by atoms with Crippen LogP contribution in [0.15, 0.2) is 53.3 Å². The summed E-state index contributed by atoms with van der Waals surface area (Å²) < 4.78 is 9.47. The van der Waals surface area contributed by atoms with Crippen molar-refractivity contribution < 1.29 is 9.53 Å². The summed E-state index contributed by atoms with van der Waals surface area (Å²) in [6.07, 6.45) is 4.51. The number of hydrogen-bond donors (Lipinski definition) is 1. The van der Waals surface area contributed by atoms with Crippen LogP contribution in [-0.2, 0) is 11.8 Å². The normalized spacial score (nSPS) is 18.0. The summed E-state index contributed by atoms with van der Waals surface area (Å²) in [7, 11) is 3.66. The van der Waals surface area contributed by atoms with E-state index in [0.717, 1.165) is 66.6 Å². The van der Waals surface area contributed by atoms with Crippen LogP contribution in [0.1, 0.15) is 36.0 Å². The Morgan fingerprint density at radius 1 is 1.02 bits per heavy atom. The van der Waals surface area contributed by atoms with E-state index < -0.39 is 0 Å². The molecule has 2 aliphatic heterocycles. The quantitative estimate of drug-likeness (QED) is 0.329. The van der Waals surface area contributed by atoms with Crippen LogP contribution in [0.3, 0.4) is 0 Å². The van der Waals surface area contributed by atoms with Crippen molar-refractivity contribution in [2.45, 2.75) is 31.7 Å². The lowest BCUT2D eigenvalue weighted by molar-refractivity contribution is 0.0950. The SMILES string of the molecule is COC[C@@H]1CCCN1c1ccc2c(=O)c(C(=O)NCCN3CCCC3)c3n(C)c4cc5ccccc5cc4n3c2n1. The lowest BCUT2D eigenvalue weighted by Crippen LogP contribution is -2.36. The minimum absolute atomic E-state index is 0.162. The molecule has 2 fully saturated rings. The van der Waals surface area contributed by atoms with Gasteiger partial charge in [-0.25, -0.2) is 4.98 Å². The number of anilines is 1. The van der Waals surface area contributed by atoms with Crippen molar-refractivity contribution in [1.82, 2.24) is 24.2 Å². The van der Waals surface area contributed by atoms with Crippen LogP contribution in [0, 0.1) is 0 Å². The fraction of sp³-hybridized carbons (Fsp3) is 0.406. The molecule has 0 bridgehead atoms. The van der Waals surface area contributed by atoms with Crippen molar-refractivity contribution in [3.63, 3.8) is 0 Å². The van der Waals surface area contributed by atoms with Crippen LogP contribution in [0.5, 0.6) is 0 Å². The number of rotatable bonds is 7. The van der Waals surface area contributed by atoms with Gasteiger partial charge in [-0.3, -0.25) is 14.0 Å². The fourth-order valence-electron chi connectivity index (χ4n) is 6.85. The molecule has 1 amide bonds. The summed E-state index contributed by atoms with van der Waals surface area (Å²) >= 11 is 0. The second kappa shape index (κ2) is 10.5. The first kappa shape index (κ1) is 26.0. The van der Waals surface area contributed by atoms with E-state index in [1.165, 1.54) is 12.8 Å². The Morgan fingerprint density at radius 2 is 1.78 bits per heavy atom. The van der Waals surface area contributed by atoms with Crippen molar-refractivity contribution in [1.29, 1.82) is 0 Å². The zero-order valence-electron chi connectivity index (χ0n) is 23.7. The standard InChI is InChI=1S/C32H36N6O3/c1-35-25-18-21-8-3-4-9-22(21)19-26(25)38-30-24(11-12-27(34-30)37-16-7-10-23(37)20-41-2)29(39)28(32(35)38)31(40)33-13-17-36-14-5-6-15-36/h3-4,8-9,11-12,18-19,23H,5-7,10,13-17,20H2,1-2H3,(H,33,40)/t23-/m0/s1. The molecule has 0 spiro atoms. The maximum Gasteiger partial charge on any atom is 0.259 e. The Morgan fingerprint density at radius 3 is 2.54 bits per heavy atom. The summed E-state index contributed by atoms with van der Waals surface area (Å²) in [6, 6.07) is 16.5. The molecule has 3 aromatic heterocycles. The number of benzene rings is 2. The molecule has 5 heterocycles. The third kappa shape index (κ3) is 4.35. The third-order valence-electron chi connectivity index (χ3n) is 8.91. The van der Waals surface area contributed by atoms with Gasteiger partial charge < -0.3 is 24.4 Å². The van der Waals surface area contributed by atoms with Crippen LogP contribution in [0.25, 0.3) is 38.5 Å². The number of ether oxygens (including phenoxy) is 1. The monoisotopic (exact) mass is 552 g/mol. The number of fused-ring (bicyclic) bond motifs is 6. The smallest absolute Gasteiger partial charge is 0.259 e. The number of carbonyl (C=O) groups is 1. The van der Waals surface area contributed by atoms with E-state index in [1.54, 1.807) is 7.11 Å². The van der Waals surface area contributed by atoms with E-state index in [0.29, 0.717) is 29.8 Å². The number of nitrogens with zero attached hydrogens (tertiary/aromatic N) is 5. The first-order chi connectivity index (χ1) is 20.0. The van der Waals surface area contributed by atoms with Gasteiger partial charge in [-0.15, -0.1) is 0 Å². The van der Waals surface area contributed by atoms with Gasteiger partial charge in [-0.2, -0.15) is 0 Å². The van der Waals surface area contributed by atoms with Crippen molar-refractivity contribution >= 4 is 50.2 Å². The molecule has 2 aliphatic rings. The maximum absolute atomic E-state index is 14.1. The molecule has 2 aromatic carbocycles. The fourth-order valence-corrected chi connectivity index (χ4v) is 6.85. The third-order valence-corrected chi connectivity index (χ3v) is 8.91. The molecular weight excluding hydrogens is 516 g/mol. The first-order valence-corrected chi connectivity index (χ1v) is 14.7. The van der Waals surface area contributed by atoms with Crippen LogP contribution in [0.4, 0.5) is 5.82 Å². The van der Waals surface area contributed by atoms with Gasteiger partial charge in [0.25, 0.3) is 5.91 Å². The number of aryl methyl sites for hydroxylation is 1. The highest BCUT2D eigenvalue weighted by atomic mass is 16.5. The van der Waals surface area contributed by atoms with Crippen LogP contribution in [0.2, 0.25) is 0 Å². The number of imidazole rings is 1. The number of pyridine rings is 2. The Labute approximate surface area is 238 Å². The van der Waals surface area contributed by atoms with E-state index in [2.05, 4.69) is 39.4 Å². The molecule has 0 aliphatic carbocycles. The van der Waals surface area contributed by atoms with Gasteiger partial charge in [-0.05, 0) is 73.8 Å². The summed E-state index contributed by atoms with van der Waals surface area (Å²) in [5, 5.41) is 5.69. The summed E-state index contributed by atoms with van der Waals surface area (Å²) in [4.78, 5) is 37.6. The molecule has 0 radical (unpaired) electrons. The second-order valence-corrected chi connectivity index (χ2v) is 11.4. The van der Waals surface area contributed by atoms with Gasteiger partial charge in [0, 0.05) is 33.8 Å². The summed E-state index contributed by atoms with van der Waals surface area (Å²) in [5.41, 5.74) is 2.85. The lowest BCUT2D eigenvalue weighted by Gasteiger charge is -2.25. The molecule has 1 atom stereocenters. The Kier molecular flexibility index (Phi) is 6.63. The molecule has 9 nitrogen and oxygen atoms in total. The number of carbonyl (C=O) groups excluding carboxylic acids is 1. The summed E-state index contributed by atoms with van der Waals surface area (Å²) in [5.74, 6) is 0.485. The van der Waals surface area contributed by atoms with Crippen molar-refractivity contribution in [3.8, 4) is 0 Å². The van der Waals surface area contributed by atoms with E-state index >= 15 is 0 Å².